The van der Waals surface area contributed by atoms with Crippen molar-refractivity contribution in [2.75, 3.05) is 20.8 Å². The number of nitrogens with zero attached hydrogens (tertiary/aromatic N) is 2. The van der Waals surface area contributed by atoms with Crippen LogP contribution in [0.1, 0.15) is 88.5 Å². The number of allylic oxidation sites excluding steroid dienone is 5. The molecule has 1 aliphatic rings. The Morgan fingerprint density at radius 3 is 2.39 bits per heavy atom. The van der Waals surface area contributed by atoms with Crippen LogP contribution in [0.2, 0.25) is 0 Å². The summed E-state index contributed by atoms with van der Waals surface area (Å²) in [7, 11) is 3.40. The molecular weight excluding hydrogens is 512 g/mol. The Morgan fingerprint density at radius 2 is 1.80 bits per heavy atom. The molecular formula is C35H46N2O4. The highest BCUT2D eigenvalue weighted by Gasteiger charge is 2.33. The number of ether oxygens (including phenoxy) is 2. The van der Waals surface area contributed by atoms with Crippen LogP contribution < -0.4 is 5.43 Å². The van der Waals surface area contributed by atoms with E-state index in [0.717, 1.165) is 48.2 Å². The summed E-state index contributed by atoms with van der Waals surface area (Å²) in [5, 5.41) is 0. The second-order valence-electron chi connectivity index (χ2n) is 11.3. The number of aliphatic imine (C=N–C) groups is 1. The van der Waals surface area contributed by atoms with E-state index in [1.807, 2.05) is 24.3 Å². The molecule has 220 valence electrons. The van der Waals surface area contributed by atoms with E-state index in [2.05, 4.69) is 68.4 Å². The van der Waals surface area contributed by atoms with E-state index >= 15 is 0 Å². The first-order valence-electron chi connectivity index (χ1n) is 14.7. The Bertz CT molecular complexity index is 1390. The summed E-state index contributed by atoms with van der Waals surface area (Å²) in [4.78, 5) is 31.1. The average molecular weight is 559 g/mol. The predicted molar refractivity (Wildman–Crippen MR) is 168 cm³/mol. The molecule has 3 rings (SSSR count). The topological polar surface area (TPSA) is 69.9 Å². The molecule has 41 heavy (non-hydrogen) atoms. The highest BCUT2D eigenvalue weighted by Crippen LogP contribution is 2.42. The summed E-state index contributed by atoms with van der Waals surface area (Å²) >= 11 is 0. The summed E-state index contributed by atoms with van der Waals surface area (Å²) in [6, 6.07) is 12.1. The van der Waals surface area contributed by atoms with Gasteiger partial charge in [0.1, 0.15) is 17.0 Å². The number of aryl methyl sites for hydroxylation is 1. The van der Waals surface area contributed by atoms with Gasteiger partial charge in [-0.15, -0.1) is 0 Å². The van der Waals surface area contributed by atoms with E-state index in [-0.39, 0.29) is 35.0 Å². The average Bonchev–Trinajstić information content (AvgIpc) is 2.97. The van der Waals surface area contributed by atoms with Gasteiger partial charge in [-0.2, -0.15) is 0 Å². The molecule has 0 spiro atoms. The van der Waals surface area contributed by atoms with Gasteiger partial charge in [-0.3, -0.25) is 9.79 Å². The molecule has 0 radical (unpaired) electrons. The number of pyridine rings is 1. The molecule has 1 aromatic heterocycles. The number of aromatic nitrogens is 1. The molecule has 2 atom stereocenters. The zero-order valence-electron chi connectivity index (χ0n) is 26.0. The lowest BCUT2D eigenvalue weighted by molar-refractivity contribution is 0.0522. The standard InChI is InChI=1S/C35H46N2O4/c1-9-24(4)32(26-18-15-19-30(40-8)33(26)36-7)28-22-29(38)27(34(39)41-11-3)23-37(28)31(10-2)35(5,6)21-20-25-16-13-12-14-17-25/h12-19,22-24,31H,9-11,20-21H2,1-8H3/b32-26+,36-33+. The molecule has 0 saturated heterocycles. The number of benzene rings is 1. The van der Waals surface area contributed by atoms with Gasteiger partial charge < -0.3 is 14.0 Å². The van der Waals surface area contributed by atoms with Crippen LogP contribution >= 0.6 is 0 Å². The molecule has 0 aliphatic heterocycles. The number of esters is 1. The first-order chi connectivity index (χ1) is 19.6. The third-order valence-electron chi connectivity index (χ3n) is 8.21. The van der Waals surface area contributed by atoms with Gasteiger partial charge in [-0.25, -0.2) is 4.79 Å². The SMILES string of the molecule is CCOC(=O)c1cn(C(CC)C(C)(C)CCc2ccccc2)c(/C(=C2\C=CC=C(OC)\C2=N\C)C(C)CC)cc1=O. The van der Waals surface area contributed by atoms with Crippen LogP contribution in [0.25, 0.3) is 5.57 Å². The van der Waals surface area contributed by atoms with Crippen molar-refractivity contribution in [3.63, 3.8) is 0 Å². The highest BCUT2D eigenvalue weighted by molar-refractivity contribution is 6.18. The van der Waals surface area contributed by atoms with E-state index in [0.29, 0.717) is 5.76 Å². The lowest BCUT2D eigenvalue weighted by atomic mass is 9.77. The summed E-state index contributed by atoms with van der Waals surface area (Å²) in [5.41, 5.74) is 4.33. The first-order valence-corrected chi connectivity index (χ1v) is 14.7. The Hall–Kier alpha value is -3.67. The van der Waals surface area contributed by atoms with Crippen LogP contribution in [0, 0.1) is 11.3 Å². The molecule has 1 aromatic carbocycles. The van der Waals surface area contributed by atoms with Gasteiger partial charge >= 0.3 is 5.97 Å². The van der Waals surface area contributed by atoms with Crippen molar-refractivity contribution >= 4 is 17.3 Å². The number of carbonyl (C=O) groups excluding carboxylic acids is 1. The maximum Gasteiger partial charge on any atom is 0.343 e. The molecule has 0 saturated carbocycles. The van der Waals surface area contributed by atoms with Crippen LogP contribution in [0.4, 0.5) is 0 Å². The largest absolute Gasteiger partial charge is 0.494 e. The van der Waals surface area contributed by atoms with Gasteiger partial charge in [0, 0.05) is 36.6 Å². The molecule has 1 heterocycles. The van der Waals surface area contributed by atoms with Gasteiger partial charge in [0.25, 0.3) is 0 Å². The third kappa shape index (κ3) is 7.16. The van der Waals surface area contributed by atoms with Crippen molar-refractivity contribution in [2.45, 2.75) is 73.3 Å². The van der Waals surface area contributed by atoms with E-state index in [1.165, 1.54) is 5.56 Å². The normalized spacial score (nSPS) is 17.2. The van der Waals surface area contributed by atoms with Crippen molar-refractivity contribution in [1.82, 2.24) is 4.57 Å². The predicted octanol–water partition coefficient (Wildman–Crippen LogP) is 7.61. The summed E-state index contributed by atoms with van der Waals surface area (Å²) < 4.78 is 13.1. The molecule has 2 aromatic rings. The van der Waals surface area contributed by atoms with Crippen molar-refractivity contribution in [3.05, 3.63) is 99.2 Å². The smallest absolute Gasteiger partial charge is 0.343 e. The van der Waals surface area contributed by atoms with E-state index in [1.54, 1.807) is 33.3 Å². The van der Waals surface area contributed by atoms with Gasteiger partial charge in [0.2, 0.25) is 0 Å². The maximum atomic E-state index is 13.5. The van der Waals surface area contributed by atoms with Crippen LogP contribution in [-0.4, -0.2) is 37.0 Å². The first kappa shape index (κ1) is 31.9. The Balaban J connectivity index is 2.31. The minimum Gasteiger partial charge on any atom is -0.494 e. The summed E-state index contributed by atoms with van der Waals surface area (Å²) in [6.07, 6.45) is 11.2. The number of carbonyl (C=O) groups is 1. The molecule has 1 aliphatic carbocycles. The zero-order chi connectivity index (χ0) is 30.2. The number of hydrogen-bond acceptors (Lipinski definition) is 5. The fraction of sp³-hybridized carbons (Fsp3) is 0.457. The monoisotopic (exact) mass is 558 g/mol. The highest BCUT2D eigenvalue weighted by atomic mass is 16.5. The maximum absolute atomic E-state index is 13.5. The fourth-order valence-corrected chi connectivity index (χ4v) is 5.78. The van der Waals surface area contributed by atoms with E-state index in [9.17, 15) is 9.59 Å². The molecule has 0 amide bonds. The number of hydrogen-bond donors (Lipinski definition) is 0. The Morgan fingerprint density at radius 1 is 1.10 bits per heavy atom. The minimum absolute atomic E-state index is 0.00154. The molecule has 0 fully saturated rings. The molecule has 0 N–H and O–H groups in total. The van der Waals surface area contributed by atoms with Crippen LogP contribution in [-0.2, 0) is 15.9 Å². The van der Waals surface area contributed by atoms with Crippen LogP contribution in [0.5, 0.6) is 0 Å². The van der Waals surface area contributed by atoms with Crippen molar-refractivity contribution in [2.24, 2.45) is 16.3 Å². The second-order valence-corrected chi connectivity index (χ2v) is 11.3. The Labute approximate surface area is 245 Å². The van der Waals surface area contributed by atoms with Gasteiger partial charge in [-0.05, 0) is 61.2 Å². The second kappa shape index (κ2) is 14.3. The van der Waals surface area contributed by atoms with Crippen molar-refractivity contribution in [1.29, 1.82) is 0 Å². The van der Waals surface area contributed by atoms with Gasteiger partial charge in [0.15, 0.2) is 5.43 Å². The lowest BCUT2D eigenvalue weighted by Crippen LogP contribution is -2.32. The molecule has 6 heteroatoms. The minimum atomic E-state index is -0.592. The Kier molecular flexibility index (Phi) is 11.1. The zero-order valence-corrected chi connectivity index (χ0v) is 26.0. The number of methoxy groups -OCH3 is 1. The van der Waals surface area contributed by atoms with E-state index < -0.39 is 5.97 Å². The number of rotatable bonds is 12. The van der Waals surface area contributed by atoms with Gasteiger partial charge in [0.05, 0.1) is 13.7 Å². The van der Waals surface area contributed by atoms with Crippen LogP contribution in [0.3, 0.4) is 0 Å². The molecule has 2 unspecified atom stereocenters. The summed E-state index contributed by atoms with van der Waals surface area (Å²) in [5.74, 6) is 0.190. The summed E-state index contributed by atoms with van der Waals surface area (Å²) in [6.45, 7) is 13.0. The van der Waals surface area contributed by atoms with Gasteiger partial charge in [-0.1, -0.05) is 77.1 Å². The van der Waals surface area contributed by atoms with Crippen molar-refractivity contribution < 1.29 is 14.3 Å². The van der Waals surface area contributed by atoms with E-state index in [4.69, 9.17) is 9.47 Å². The lowest BCUT2D eigenvalue weighted by Gasteiger charge is -2.38. The molecule has 0 bridgehead atoms. The van der Waals surface area contributed by atoms with Crippen LogP contribution in [0.15, 0.2) is 81.9 Å². The van der Waals surface area contributed by atoms with Crippen molar-refractivity contribution in [3.8, 4) is 0 Å². The quantitative estimate of drug-likeness (QED) is 0.252. The third-order valence-corrected chi connectivity index (χ3v) is 8.21. The molecule has 6 nitrogen and oxygen atoms in total. The fourth-order valence-electron chi connectivity index (χ4n) is 5.78.